The van der Waals surface area contributed by atoms with Crippen LogP contribution in [0.2, 0.25) is 0 Å². The van der Waals surface area contributed by atoms with Crippen LogP contribution in [0.15, 0.2) is 36.5 Å². The van der Waals surface area contributed by atoms with E-state index < -0.39 is 0 Å². The number of ether oxygens (including phenoxy) is 1. The van der Waals surface area contributed by atoms with Gasteiger partial charge in [-0.25, -0.2) is 4.68 Å². The fourth-order valence-electron chi connectivity index (χ4n) is 4.25. The summed E-state index contributed by atoms with van der Waals surface area (Å²) >= 11 is 0. The van der Waals surface area contributed by atoms with Gasteiger partial charge in [-0.1, -0.05) is 24.6 Å². The minimum Gasteiger partial charge on any atom is -0.393 e. The number of hydrogen-bond acceptors (Lipinski definition) is 4. The molecule has 1 N–H and O–H groups in total. The average Bonchev–Trinajstić information content (AvgIpc) is 3.22. The molecule has 0 radical (unpaired) electrons. The van der Waals surface area contributed by atoms with E-state index in [0.29, 0.717) is 12.0 Å². The molecule has 1 saturated heterocycles. The predicted octanol–water partition coefficient (Wildman–Crippen LogP) is 2.54. The first-order valence-corrected chi connectivity index (χ1v) is 9.33. The van der Waals surface area contributed by atoms with Crippen LogP contribution in [0.3, 0.4) is 0 Å². The molecule has 1 saturated carbocycles. The minimum absolute atomic E-state index is 0.178. The van der Waals surface area contributed by atoms with Crippen LogP contribution >= 0.6 is 0 Å². The highest BCUT2D eigenvalue weighted by atomic mass is 16.5. The number of para-hydroxylation sites is 1. The standard InChI is InChI=1S/C20H27N3O2/c1-15-16(13-23(21-15)17-6-3-2-4-7-17)12-22-10-11-25-14-19(22)18-8-5-9-20(18)24/h2-4,6-7,13,18-20,24H,5,8-12,14H2,1H3/t18-,19-,20+/m1/s1. The van der Waals surface area contributed by atoms with Gasteiger partial charge in [0.2, 0.25) is 0 Å². The van der Waals surface area contributed by atoms with Crippen molar-refractivity contribution in [1.82, 2.24) is 14.7 Å². The van der Waals surface area contributed by atoms with Gasteiger partial charge in [-0.05, 0) is 31.9 Å². The van der Waals surface area contributed by atoms with Crippen LogP contribution in [0, 0.1) is 12.8 Å². The van der Waals surface area contributed by atoms with Crippen LogP contribution in [0.25, 0.3) is 5.69 Å². The molecule has 2 fully saturated rings. The van der Waals surface area contributed by atoms with Crippen molar-refractivity contribution in [2.45, 2.75) is 44.9 Å². The third kappa shape index (κ3) is 3.50. The Hall–Kier alpha value is -1.69. The molecule has 2 heterocycles. The fraction of sp³-hybridized carbons (Fsp3) is 0.550. The van der Waals surface area contributed by atoms with Crippen LogP contribution in [-0.2, 0) is 11.3 Å². The second-order valence-corrected chi connectivity index (χ2v) is 7.29. The first kappa shape index (κ1) is 16.8. The number of aryl methyl sites for hydroxylation is 1. The van der Waals surface area contributed by atoms with Gasteiger partial charge in [-0.15, -0.1) is 0 Å². The molecule has 1 aliphatic carbocycles. The van der Waals surface area contributed by atoms with Gasteiger partial charge in [-0.3, -0.25) is 4.90 Å². The number of hydrogen-bond donors (Lipinski definition) is 1. The van der Waals surface area contributed by atoms with Crippen molar-refractivity contribution in [3.8, 4) is 5.69 Å². The van der Waals surface area contributed by atoms with Crippen molar-refractivity contribution >= 4 is 0 Å². The fourth-order valence-corrected chi connectivity index (χ4v) is 4.25. The first-order valence-electron chi connectivity index (χ1n) is 9.33. The van der Waals surface area contributed by atoms with E-state index in [9.17, 15) is 5.11 Å². The van der Waals surface area contributed by atoms with E-state index >= 15 is 0 Å². The quantitative estimate of drug-likeness (QED) is 0.928. The van der Waals surface area contributed by atoms with Gasteiger partial charge in [0, 0.05) is 36.8 Å². The van der Waals surface area contributed by atoms with E-state index in [0.717, 1.165) is 56.9 Å². The van der Waals surface area contributed by atoms with Crippen LogP contribution < -0.4 is 0 Å². The zero-order valence-corrected chi connectivity index (χ0v) is 14.8. The van der Waals surface area contributed by atoms with E-state index in [2.05, 4.69) is 30.2 Å². The maximum Gasteiger partial charge on any atom is 0.0645 e. The second kappa shape index (κ2) is 7.28. The summed E-state index contributed by atoms with van der Waals surface area (Å²) in [4.78, 5) is 2.49. The van der Waals surface area contributed by atoms with Crippen molar-refractivity contribution in [2.24, 2.45) is 5.92 Å². The van der Waals surface area contributed by atoms with Crippen molar-refractivity contribution in [3.63, 3.8) is 0 Å². The summed E-state index contributed by atoms with van der Waals surface area (Å²) in [6.45, 7) is 5.37. The number of nitrogens with zero attached hydrogens (tertiary/aromatic N) is 3. The van der Waals surface area contributed by atoms with Crippen LogP contribution in [0.5, 0.6) is 0 Å². The van der Waals surface area contributed by atoms with E-state index in [1.54, 1.807) is 0 Å². The molecule has 0 spiro atoms. The molecular formula is C20H27N3O2. The van der Waals surface area contributed by atoms with Crippen LogP contribution in [0.1, 0.15) is 30.5 Å². The summed E-state index contributed by atoms with van der Waals surface area (Å²) in [7, 11) is 0. The average molecular weight is 341 g/mol. The molecule has 134 valence electrons. The molecule has 3 atom stereocenters. The Morgan fingerprint density at radius 3 is 2.84 bits per heavy atom. The zero-order chi connectivity index (χ0) is 17.2. The summed E-state index contributed by atoms with van der Waals surface area (Å²) in [5.41, 5.74) is 3.41. The van der Waals surface area contributed by atoms with Gasteiger partial charge in [0.15, 0.2) is 0 Å². The molecule has 25 heavy (non-hydrogen) atoms. The summed E-state index contributed by atoms with van der Waals surface area (Å²) < 4.78 is 7.70. The monoisotopic (exact) mass is 341 g/mol. The Labute approximate surface area is 149 Å². The normalized spacial score (nSPS) is 27.7. The molecule has 1 aliphatic heterocycles. The largest absolute Gasteiger partial charge is 0.393 e. The maximum atomic E-state index is 10.3. The highest BCUT2D eigenvalue weighted by Gasteiger charge is 2.37. The van der Waals surface area contributed by atoms with E-state index in [1.165, 1.54) is 5.56 Å². The second-order valence-electron chi connectivity index (χ2n) is 7.29. The third-order valence-corrected chi connectivity index (χ3v) is 5.70. The smallest absolute Gasteiger partial charge is 0.0645 e. The van der Waals surface area contributed by atoms with E-state index in [4.69, 9.17) is 9.84 Å². The Kier molecular flexibility index (Phi) is 4.88. The molecule has 5 nitrogen and oxygen atoms in total. The first-order chi connectivity index (χ1) is 12.2. The molecule has 5 heteroatoms. The van der Waals surface area contributed by atoms with Crippen molar-refractivity contribution < 1.29 is 9.84 Å². The maximum absolute atomic E-state index is 10.3. The van der Waals surface area contributed by atoms with Gasteiger partial charge in [0.1, 0.15) is 0 Å². The Bertz CT molecular complexity index is 700. The molecule has 0 bridgehead atoms. The Balaban J connectivity index is 1.53. The summed E-state index contributed by atoms with van der Waals surface area (Å²) in [5.74, 6) is 0.338. The summed E-state index contributed by atoms with van der Waals surface area (Å²) in [6.07, 6.45) is 5.12. The lowest BCUT2D eigenvalue weighted by Crippen LogP contribution is -2.50. The molecule has 0 unspecified atom stereocenters. The number of rotatable bonds is 4. The lowest BCUT2D eigenvalue weighted by molar-refractivity contribution is -0.0537. The summed E-state index contributed by atoms with van der Waals surface area (Å²) in [6, 6.07) is 10.5. The minimum atomic E-state index is -0.178. The molecule has 4 rings (SSSR count). The van der Waals surface area contributed by atoms with Gasteiger partial charge in [0.25, 0.3) is 0 Å². The molecule has 0 amide bonds. The molecular weight excluding hydrogens is 314 g/mol. The van der Waals surface area contributed by atoms with E-state index in [-0.39, 0.29) is 6.10 Å². The topological polar surface area (TPSA) is 50.5 Å². The number of aromatic nitrogens is 2. The third-order valence-electron chi connectivity index (χ3n) is 5.70. The van der Waals surface area contributed by atoms with Gasteiger partial charge in [0.05, 0.1) is 30.7 Å². The lowest BCUT2D eigenvalue weighted by Gasteiger charge is -2.40. The number of morpholine rings is 1. The van der Waals surface area contributed by atoms with Gasteiger partial charge < -0.3 is 9.84 Å². The summed E-state index contributed by atoms with van der Waals surface area (Å²) in [5, 5.41) is 15.0. The highest BCUT2D eigenvalue weighted by molar-refractivity contribution is 5.32. The van der Waals surface area contributed by atoms with Crippen molar-refractivity contribution in [1.29, 1.82) is 0 Å². The number of benzene rings is 1. The highest BCUT2D eigenvalue weighted by Crippen LogP contribution is 2.33. The lowest BCUT2D eigenvalue weighted by atomic mass is 9.94. The Morgan fingerprint density at radius 2 is 2.08 bits per heavy atom. The van der Waals surface area contributed by atoms with Crippen molar-refractivity contribution in [2.75, 3.05) is 19.8 Å². The van der Waals surface area contributed by atoms with Crippen LogP contribution in [0.4, 0.5) is 0 Å². The van der Waals surface area contributed by atoms with Gasteiger partial charge >= 0.3 is 0 Å². The molecule has 2 aromatic rings. The SMILES string of the molecule is Cc1nn(-c2ccccc2)cc1CN1CCOC[C@@H]1[C@H]1CCC[C@@H]1O. The van der Waals surface area contributed by atoms with Crippen LogP contribution in [-0.4, -0.2) is 51.7 Å². The number of aliphatic hydroxyl groups is 1. The molecule has 2 aliphatic rings. The molecule has 1 aromatic heterocycles. The van der Waals surface area contributed by atoms with E-state index in [1.807, 2.05) is 22.9 Å². The van der Waals surface area contributed by atoms with Crippen molar-refractivity contribution in [3.05, 3.63) is 47.8 Å². The Morgan fingerprint density at radius 1 is 1.24 bits per heavy atom. The predicted molar refractivity (Wildman–Crippen MR) is 96.7 cm³/mol. The van der Waals surface area contributed by atoms with Gasteiger partial charge in [-0.2, -0.15) is 5.10 Å². The zero-order valence-electron chi connectivity index (χ0n) is 14.8. The molecule has 1 aromatic carbocycles. The number of aliphatic hydroxyl groups excluding tert-OH is 1.